The van der Waals surface area contributed by atoms with Crippen molar-refractivity contribution in [2.45, 2.75) is 0 Å². The van der Waals surface area contributed by atoms with Crippen LogP contribution >= 0.6 is 23.0 Å². The Morgan fingerprint density at radius 2 is 1.78 bits per heavy atom. The van der Waals surface area contributed by atoms with E-state index in [9.17, 15) is 0 Å². The normalized spacial score (nSPS) is 9.56. The van der Waals surface area contributed by atoms with E-state index in [0.717, 1.165) is 13.1 Å². The maximum Gasteiger partial charge on any atom is 0.137 e. The van der Waals surface area contributed by atoms with Gasteiger partial charge < -0.3 is 0 Å². The second-order valence-corrected chi connectivity index (χ2v) is 1.89. The first kappa shape index (κ1) is 9.13. The summed E-state index contributed by atoms with van der Waals surface area (Å²) in [7, 11) is 0. The number of rotatable bonds is 5. The van der Waals surface area contributed by atoms with E-state index in [2.05, 4.69) is 13.2 Å². The Morgan fingerprint density at radius 3 is 2.00 bits per heavy atom. The number of halogens is 1. The number of hydrogen-bond acceptors (Lipinski definition) is 2. The van der Waals surface area contributed by atoms with Crippen molar-refractivity contribution in [1.29, 1.82) is 0 Å². The zero-order valence-electron chi connectivity index (χ0n) is 5.22. The van der Waals surface area contributed by atoms with Crippen LogP contribution in [0.4, 0.5) is 0 Å². The molecule has 0 radical (unpaired) electrons. The third-order valence-corrected chi connectivity index (χ3v) is 1.32. The summed E-state index contributed by atoms with van der Waals surface area (Å²) in [5.74, 6) is 0. The number of hydroxylamine groups is 2. The first-order valence-corrected chi connectivity index (χ1v) is 3.48. The molecule has 9 heavy (non-hydrogen) atoms. The number of hydrogen-bond donors (Lipinski definition) is 0. The Balaban J connectivity index is 3.39. The summed E-state index contributed by atoms with van der Waals surface area (Å²) in [6.07, 6.45) is 3.56. The molecule has 0 saturated heterocycles. The highest BCUT2D eigenvalue weighted by Gasteiger charge is 1.95. The summed E-state index contributed by atoms with van der Waals surface area (Å²) in [6, 6.07) is 0. The van der Waals surface area contributed by atoms with Gasteiger partial charge in [0.15, 0.2) is 0 Å². The molecule has 2 nitrogen and oxygen atoms in total. The van der Waals surface area contributed by atoms with Crippen molar-refractivity contribution in [1.82, 2.24) is 5.06 Å². The van der Waals surface area contributed by atoms with Crippen LogP contribution in [0.2, 0.25) is 0 Å². The molecule has 0 spiro atoms. The van der Waals surface area contributed by atoms with E-state index in [-0.39, 0.29) is 0 Å². The van der Waals surface area contributed by atoms with Crippen molar-refractivity contribution < 1.29 is 3.17 Å². The third kappa shape index (κ3) is 4.62. The van der Waals surface area contributed by atoms with Gasteiger partial charge in [0.1, 0.15) is 23.0 Å². The molecule has 0 amide bonds. The van der Waals surface area contributed by atoms with E-state index in [1.54, 1.807) is 17.2 Å². The average Bonchev–Trinajstić information content (AvgIpc) is 1.88. The average molecular weight is 239 g/mol. The topological polar surface area (TPSA) is 12.5 Å². The van der Waals surface area contributed by atoms with E-state index < -0.39 is 0 Å². The van der Waals surface area contributed by atoms with Gasteiger partial charge in [0.25, 0.3) is 0 Å². The van der Waals surface area contributed by atoms with E-state index in [0.29, 0.717) is 0 Å². The Morgan fingerprint density at radius 1 is 1.33 bits per heavy atom. The molecule has 0 saturated carbocycles. The highest BCUT2D eigenvalue weighted by molar-refractivity contribution is 14.1. The fourth-order valence-electron chi connectivity index (χ4n) is 0.419. The highest BCUT2D eigenvalue weighted by Crippen LogP contribution is 1.95. The Kier molecular flexibility index (Phi) is 6.34. The summed E-state index contributed by atoms with van der Waals surface area (Å²) in [6.45, 7) is 8.60. The largest absolute Gasteiger partial charge is 0.229 e. The van der Waals surface area contributed by atoms with Crippen LogP contribution in [0, 0.1) is 0 Å². The van der Waals surface area contributed by atoms with E-state index >= 15 is 0 Å². The van der Waals surface area contributed by atoms with Crippen molar-refractivity contribution in [2.75, 3.05) is 13.1 Å². The molecule has 0 aromatic carbocycles. The Hall–Kier alpha value is 0.130. The van der Waals surface area contributed by atoms with Gasteiger partial charge in [-0.2, -0.15) is 5.06 Å². The monoisotopic (exact) mass is 239 g/mol. The molecule has 0 atom stereocenters. The van der Waals surface area contributed by atoms with Crippen LogP contribution in [0.15, 0.2) is 25.3 Å². The van der Waals surface area contributed by atoms with Gasteiger partial charge in [-0.1, -0.05) is 12.2 Å². The molecule has 0 unspecified atom stereocenters. The fraction of sp³-hybridized carbons (Fsp3) is 0.333. The van der Waals surface area contributed by atoms with Crippen molar-refractivity contribution in [3.8, 4) is 0 Å². The molecule has 3 heteroatoms. The van der Waals surface area contributed by atoms with Gasteiger partial charge in [-0.25, -0.2) is 3.17 Å². The molecule has 0 fully saturated rings. The van der Waals surface area contributed by atoms with Crippen molar-refractivity contribution in [3.63, 3.8) is 0 Å². The van der Waals surface area contributed by atoms with Crippen LogP contribution in [-0.2, 0) is 3.17 Å². The van der Waals surface area contributed by atoms with Crippen LogP contribution in [0.3, 0.4) is 0 Å². The molecule has 0 bridgehead atoms. The van der Waals surface area contributed by atoms with Gasteiger partial charge in [-0.15, -0.1) is 13.2 Å². The molecular weight excluding hydrogens is 229 g/mol. The summed E-state index contributed by atoms with van der Waals surface area (Å²) < 4.78 is 4.89. The smallest absolute Gasteiger partial charge is 0.137 e. The minimum atomic E-state index is 0.731. The SMILES string of the molecule is C=CCN(CC=C)OI. The van der Waals surface area contributed by atoms with Gasteiger partial charge in [0, 0.05) is 13.1 Å². The Labute approximate surface area is 69.8 Å². The summed E-state index contributed by atoms with van der Waals surface area (Å²) in [4.78, 5) is 0. The molecular formula is C6H10INO. The molecule has 0 aromatic heterocycles. The molecule has 0 aliphatic carbocycles. The molecule has 0 aromatic rings. The van der Waals surface area contributed by atoms with Gasteiger partial charge in [-0.05, 0) is 0 Å². The van der Waals surface area contributed by atoms with Crippen LogP contribution in [0.1, 0.15) is 0 Å². The summed E-state index contributed by atoms with van der Waals surface area (Å²) in [5.41, 5.74) is 0. The minimum Gasteiger partial charge on any atom is -0.229 e. The second-order valence-electron chi connectivity index (χ2n) is 1.49. The van der Waals surface area contributed by atoms with E-state index in [1.807, 2.05) is 23.0 Å². The quantitative estimate of drug-likeness (QED) is 0.413. The first-order chi connectivity index (χ1) is 4.35. The van der Waals surface area contributed by atoms with Crippen molar-refractivity contribution in [3.05, 3.63) is 25.3 Å². The van der Waals surface area contributed by atoms with Crippen LogP contribution in [0.5, 0.6) is 0 Å². The van der Waals surface area contributed by atoms with Gasteiger partial charge >= 0.3 is 0 Å². The van der Waals surface area contributed by atoms with Crippen LogP contribution in [0.25, 0.3) is 0 Å². The summed E-state index contributed by atoms with van der Waals surface area (Å²) >= 11 is 1.83. The molecule has 0 N–H and O–H groups in total. The van der Waals surface area contributed by atoms with Crippen molar-refractivity contribution >= 4 is 23.0 Å². The van der Waals surface area contributed by atoms with E-state index in [1.165, 1.54) is 0 Å². The van der Waals surface area contributed by atoms with Gasteiger partial charge in [0.05, 0.1) is 0 Å². The van der Waals surface area contributed by atoms with Crippen LogP contribution in [-0.4, -0.2) is 18.2 Å². The van der Waals surface area contributed by atoms with Gasteiger partial charge in [0.2, 0.25) is 0 Å². The van der Waals surface area contributed by atoms with E-state index in [4.69, 9.17) is 3.17 Å². The lowest BCUT2D eigenvalue weighted by atomic mass is 10.5. The maximum absolute atomic E-state index is 4.89. The van der Waals surface area contributed by atoms with Crippen molar-refractivity contribution in [2.24, 2.45) is 0 Å². The zero-order valence-corrected chi connectivity index (χ0v) is 7.37. The minimum absolute atomic E-state index is 0.731. The fourth-order valence-corrected chi connectivity index (χ4v) is 0.740. The third-order valence-electron chi connectivity index (χ3n) is 0.763. The zero-order chi connectivity index (χ0) is 7.11. The number of nitrogens with zero attached hydrogens (tertiary/aromatic N) is 1. The standard InChI is InChI=1S/C6H10INO/c1-3-5-8(9-7)6-4-2/h3-4H,1-2,5-6H2. The molecule has 0 aliphatic rings. The maximum atomic E-state index is 4.89. The first-order valence-electron chi connectivity index (χ1n) is 2.60. The molecule has 0 heterocycles. The Bertz CT molecular complexity index is 85.1. The highest BCUT2D eigenvalue weighted by atomic mass is 127. The van der Waals surface area contributed by atoms with Gasteiger partial charge in [-0.3, -0.25) is 0 Å². The van der Waals surface area contributed by atoms with Crippen LogP contribution < -0.4 is 0 Å². The predicted molar refractivity (Wildman–Crippen MR) is 47.1 cm³/mol. The predicted octanol–water partition coefficient (Wildman–Crippen LogP) is 1.94. The summed E-state index contributed by atoms with van der Waals surface area (Å²) in [5, 5.41) is 1.74. The molecule has 52 valence electrons. The second kappa shape index (κ2) is 6.25. The lowest BCUT2D eigenvalue weighted by Crippen LogP contribution is -2.19. The lowest BCUT2D eigenvalue weighted by Gasteiger charge is -2.11. The lowest BCUT2D eigenvalue weighted by molar-refractivity contribution is 0.0170. The molecule has 0 aliphatic heterocycles. The molecule has 0 rings (SSSR count).